The maximum absolute atomic E-state index is 13.3. The van der Waals surface area contributed by atoms with Gasteiger partial charge in [0.25, 0.3) is 0 Å². The molecule has 0 unspecified atom stereocenters. The van der Waals surface area contributed by atoms with Gasteiger partial charge >= 0.3 is 12.1 Å². The van der Waals surface area contributed by atoms with E-state index in [0.29, 0.717) is 37.1 Å². The average molecular weight is 391 g/mol. The van der Waals surface area contributed by atoms with Crippen LogP contribution in [0.1, 0.15) is 48.8 Å². The lowest BCUT2D eigenvalue weighted by atomic mass is 9.99. The van der Waals surface area contributed by atoms with Gasteiger partial charge in [0.2, 0.25) is 0 Å². The molecular weight excluding hydrogens is 366 g/mol. The van der Waals surface area contributed by atoms with E-state index in [-0.39, 0.29) is 18.7 Å². The fraction of sp³-hybridized carbons (Fsp3) is 0.632. The number of benzene rings is 1. The molecule has 8 heteroatoms. The minimum Gasteiger partial charge on any atom is -0.493 e. The summed E-state index contributed by atoms with van der Waals surface area (Å²) < 4.78 is 57.8. The largest absolute Gasteiger partial charge is 0.493 e. The minimum absolute atomic E-state index is 0.0418. The lowest BCUT2D eigenvalue weighted by Gasteiger charge is -2.33. The van der Waals surface area contributed by atoms with Gasteiger partial charge in [-0.1, -0.05) is 6.42 Å². The van der Waals surface area contributed by atoms with Crippen LogP contribution >= 0.6 is 0 Å². The third-order valence-electron chi connectivity index (χ3n) is 4.77. The number of carboxylic acids is 1. The summed E-state index contributed by atoms with van der Waals surface area (Å²) in [5.41, 5.74) is -0.404. The van der Waals surface area contributed by atoms with Gasteiger partial charge in [-0.2, -0.15) is 13.2 Å². The van der Waals surface area contributed by atoms with E-state index < -0.39 is 30.4 Å². The highest BCUT2D eigenvalue weighted by Gasteiger charge is 2.34. The van der Waals surface area contributed by atoms with E-state index in [1.54, 1.807) is 4.90 Å². The molecule has 0 aromatic heterocycles. The van der Waals surface area contributed by atoms with E-state index in [1.165, 1.54) is 13.0 Å². The Kier molecular flexibility index (Phi) is 7.47. The molecule has 0 radical (unpaired) electrons. The predicted octanol–water partition coefficient (Wildman–Crippen LogP) is 4.58. The van der Waals surface area contributed by atoms with Crippen molar-refractivity contribution in [3.05, 3.63) is 28.8 Å². The van der Waals surface area contributed by atoms with E-state index in [2.05, 4.69) is 0 Å². The highest BCUT2D eigenvalue weighted by atomic mass is 19.4. The second-order valence-corrected chi connectivity index (χ2v) is 6.84. The van der Waals surface area contributed by atoms with Crippen LogP contribution in [0, 0.1) is 6.92 Å². The number of halogens is 4. The van der Waals surface area contributed by atoms with Crippen molar-refractivity contribution in [1.82, 2.24) is 4.90 Å². The first kappa shape index (κ1) is 21.5. The lowest BCUT2D eigenvalue weighted by molar-refractivity contribution is -0.145. The zero-order valence-corrected chi connectivity index (χ0v) is 15.3. The third-order valence-corrected chi connectivity index (χ3v) is 4.77. The van der Waals surface area contributed by atoms with Crippen LogP contribution in [0.4, 0.5) is 17.6 Å². The average Bonchev–Trinajstić information content (AvgIpc) is 2.60. The predicted molar refractivity (Wildman–Crippen MR) is 92.6 cm³/mol. The molecule has 1 saturated heterocycles. The van der Waals surface area contributed by atoms with Gasteiger partial charge in [-0.25, -0.2) is 0 Å². The molecule has 0 saturated carbocycles. The van der Waals surface area contributed by atoms with Crippen LogP contribution < -0.4 is 4.74 Å². The highest BCUT2D eigenvalue weighted by molar-refractivity contribution is 5.73. The monoisotopic (exact) mass is 391 g/mol. The van der Waals surface area contributed by atoms with Crippen molar-refractivity contribution in [2.45, 2.75) is 57.8 Å². The van der Waals surface area contributed by atoms with Crippen molar-refractivity contribution in [2.75, 3.05) is 19.8 Å². The first-order valence-corrected chi connectivity index (χ1v) is 9.10. The molecule has 0 aliphatic carbocycles. The van der Waals surface area contributed by atoms with Gasteiger partial charge < -0.3 is 9.84 Å². The van der Waals surface area contributed by atoms with Crippen molar-refractivity contribution in [3.63, 3.8) is 0 Å². The van der Waals surface area contributed by atoms with Crippen molar-refractivity contribution >= 4 is 5.97 Å². The zero-order valence-electron chi connectivity index (χ0n) is 15.3. The molecule has 4 nitrogen and oxygen atoms in total. The Morgan fingerprint density at radius 3 is 2.67 bits per heavy atom. The van der Waals surface area contributed by atoms with Crippen molar-refractivity contribution in [1.29, 1.82) is 0 Å². The van der Waals surface area contributed by atoms with Gasteiger partial charge in [-0.15, -0.1) is 0 Å². The summed E-state index contributed by atoms with van der Waals surface area (Å²) in [5, 5.41) is 9.40. The Labute approximate surface area is 156 Å². The molecule has 152 valence electrons. The molecule has 1 aromatic rings. The molecule has 1 atom stereocenters. The number of nitrogens with zero attached hydrogens (tertiary/aromatic N) is 1. The van der Waals surface area contributed by atoms with E-state index in [1.807, 2.05) is 0 Å². The van der Waals surface area contributed by atoms with Crippen LogP contribution in [0.2, 0.25) is 0 Å². The molecule has 1 aromatic carbocycles. The fourth-order valence-electron chi connectivity index (χ4n) is 3.35. The number of likely N-dealkylation sites (tertiary alicyclic amines) is 1. The molecule has 1 aliphatic heterocycles. The summed E-state index contributed by atoms with van der Waals surface area (Å²) in [6.45, 7) is 1.66. The minimum atomic E-state index is -4.50. The van der Waals surface area contributed by atoms with Crippen LogP contribution in [-0.4, -0.2) is 41.8 Å². The quantitative estimate of drug-likeness (QED) is 0.521. The number of rotatable bonds is 8. The maximum atomic E-state index is 13.3. The second-order valence-electron chi connectivity index (χ2n) is 6.84. The molecule has 1 heterocycles. The fourth-order valence-corrected chi connectivity index (χ4v) is 3.35. The number of hydrogen-bond donors (Lipinski definition) is 1. The SMILES string of the molecule is Cc1cc(OCCCCF)c(CN2CCCC[C@H]2C(=O)O)cc1C(F)(F)F. The van der Waals surface area contributed by atoms with E-state index in [4.69, 9.17) is 4.74 Å². The van der Waals surface area contributed by atoms with Crippen molar-refractivity contribution < 1.29 is 32.2 Å². The molecule has 0 spiro atoms. The number of aliphatic carboxylic acids is 1. The Bertz CT molecular complexity index is 649. The van der Waals surface area contributed by atoms with E-state index in [0.717, 1.165) is 18.9 Å². The third kappa shape index (κ3) is 5.82. The van der Waals surface area contributed by atoms with Gasteiger partial charge in [0.05, 0.1) is 18.8 Å². The smallest absolute Gasteiger partial charge is 0.416 e. The molecule has 0 amide bonds. The number of carbonyl (C=O) groups is 1. The molecule has 0 bridgehead atoms. The van der Waals surface area contributed by atoms with Crippen LogP contribution in [0.25, 0.3) is 0 Å². The molecule has 1 aliphatic rings. The lowest BCUT2D eigenvalue weighted by Crippen LogP contribution is -2.44. The van der Waals surface area contributed by atoms with Gasteiger partial charge in [0.1, 0.15) is 11.8 Å². The number of ether oxygens (including phenoxy) is 1. The summed E-state index contributed by atoms with van der Waals surface area (Å²) in [7, 11) is 0. The summed E-state index contributed by atoms with van der Waals surface area (Å²) in [5.74, 6) is -0.669. The van der Waals surface area contributed by atoms with E-state index >= 15 is 0 Å². The number of alkyl halides is 4. The van der Waals surface area contributed by atoms with E-state index in [9.17, 15) is 27.5 Å². The van der Waals surface area contributed by atoms with Gasteiger partial charge in [0, 0.05) is 12.1 Å². The summed E-state index contributed by atoms with van der Waals surface area (Å²) in [6, 6.07) is 1.68. The van der Waals surface area contributed by atoms with Crippen LogP contribution in [0.15, 0.2) is 12.1 Å². The standard InChI is InChI=1S/C19H25F4NO3/c1-13-10-17(27-9-5-3-7-20)14(11-15(13)19(21,22)23)12-24-8-4-2-6-16(24)18(25)26/h10-11,16H,2-9,12H2,1H3,(H,25,26)/t16-/m0/s1. The summed E-state index contributed by atoms with van der Waals surface area (Å²) in [6.07, 6.45) is -1.67. The summed E-state index contributed by atoms with van der Waals surface area (Å²) >= 11 is 0. The Morgan fingerprint density at radius 2 is 2.04 bits per heavy atom. The molecule has 2 rings (SSSR count). The summed E-state index contributed by atoms with van der Waals surface area (Å²) in [4.78, 5) is 13.2. The van der Waals surface area contributed by atoms with Gasteiger partial charge in [0.15, 0.2) is 0 Å². The normalized spacial score (nSPS) is 18.5. The van der Waals surface area contributed by atoms with Gasteiger partial charge in [-0.05, 0) is 56.8 Å². The number of hydrogen-bond acceptors (Lipinski definition) is 3. The van der Waals surface area contributed by atoms with Crippen LogP contribution in [0.3, 0.4) is 0 Å². The molecular formula is C19H25F4NO3. The Balaban J connectivity index is 2.30. The molecule has 1 N–H and O–H groups in total. The highest BCUT2D eigenvalue weighted by Crippen LogP contribution is 2.36. The Hall–Kier alpha value is -1.83. The van der Waals surface area contributed by atoms with Crippen molar-refractivity contribution in [3.8, 4) is 5.75 Å². The number of aryl methyl sites for hydroxylation is 1. The molecule has 1 fully saturated rings. The molecule has 27 heavy (non-hydrogen) atoms. The number of carboxylic acid groups (broad SMARTS) is 1. The topological polar surface area (TPSA) is 49.8 Å². The number of unbranched alkanes of at least 4 members (excludes halogenated alkanes) is 1. The number of piperidine rings is 1. The Morgan fingerprint density at radius 1 is 1.30 bits per heavy atom. The van der Waals surface area contributed by atoms with Crippen LogP contribution in [-0.2, 0) is 17.5 Å². The zero-order chi connectivity index (χ0) is 20.0. The van der Waals surface area contributed by atoms with Gasteiger partial charge in [-0.3, -0.25) is 14.1 Å². The van der Waals surface area contributed by atoms with Crippen LogP contribution in [0.5, 0.6) is 5.75 Å². The second kappa shape index (κ2) is 9.39. The first-order valence-electron chi connectivity index (χ1n) is 9.10. The first-order chi connectivity index (χ1) is 12.7. The maximum Gasteiger partial charge on any atom is 0.416 e. The van der Waals surface area contributed by atoms with Crippen molar-refractivity contribution in [2.24, 2.45) is 0 Å².